The van der Waals surface area contributed by atoms with Gasteiger partial charge in [-0.05, 0) is 72.8 Å². The van der Waals surface area contributed by atoms with Crippen molar-refractivity contribution < 1.29 is 9.53 Å². The SMILES string of the molecule is CC[C@H](c1ccccc1C(N)=O)C1[C@H]2CC(Oc3ncnc4cc(Cl)ccc34)C[C@H]12. The van der Waals surface area contributed by atoms with Crippen LogP contribution in [0.3, 0.4) is 0 Å². The molecule has 0 aliphatic heterocycles. The van der Waals surface area contributed by atoms with Crippen molar-refractivity contribution in [1.29, 1.82) is 0 Å². The van der Waals surface area contributed by atoms with E-state index in [2.05, 4.69) is 23.0 Å². The fourth-order valence-corrected chi connectivity index (χ4v) is 5.70. The van der Waals surface area contributed by atoms with E-state index in [1.54, 1.807) is 0 Å². The molecule has 3 aromatic rings. The van der Waals surface area contributed by atoms with E-state index < -0.39 is 0 Å². The molecule has 1 aromatic heterocycles. The number of aromatic nitrogens is 2. The van der Waals surface area contributed by atoms with Crippen molar-refractivity contribution >= 4 is 28.4 Å². The minimum absolute atomic E-state index is 0.161. The molecule has 2 aliphatic rings. The minimum Gasteiger partial charge on any atom is -0.474 e. The van der Waals surface area contributed by atoms with Crippen molar-refractivity contribution in [2.45, 2.75) is 38.2 Å². The Hall–Kier alpha value is -2.66. The monoisotopic (exact) mass is 421 g/mol. The standard InChI is InChI=1S/C24H24ClN3O2/c1-2-15(16-5-3-4-6-17(16)23(26)29)22-19-10-14(11-20(19)22)30-24-18-8-7-13(25)9-21(18)27-12-28-24/h3-9,12,14-15,19-20,22H,2,10-11H2,1H3,(H2,26,29)/t14?,15-,19+,20+,22?/m1/s1. The summed E-state index contributed by atoms with van der Waals surface area (Å²) in [4.78, 5) is 20.5. The highest BCUT2D eigenvalue weighted by Gasteiger charge is 2.59. The van der Waals surface area contributed by atoms with Crippen molar-refractivity contribution in [2.75, 3.05) is 0 Å². The molecule has 0 radical (unpaired) electrons. The number of fused-ring (bicyclic) bond motifs is 2. The molecule has 1 heterocycles. The second-order valence-electron chi connectivity index (χ2n) is 8.42. The van der Waals surface area contributed by atoms with Gasteiger partial charge in [-0.15, -0.1) is 0 Å². The van der Waals surface area contributed by atoms with Gasteiger partial charge in [-0.1, -0.05) is 36.7 Å². The van der Waals surface area contributed by atoms with Gasteiger partial charge in [0.05, 0.1) is 10.9 Å². The van der Waals surface area contributed by atoms with Crippen LogP contribution >= 0.6 is 11.6 Å². The number of benzene rings is 2. The Morgan fingerprint density at radius 2 is 1.97 bits per heavy atom. The van der Waals surface area contributed by atoms with E-state index in [9.17, 15) is 4.79 Å². The van der Waals surface area contributed by atoms with E-state index >= 15 is 0 Å². The van der Waals surface area contributed by atoms with Gasteiger partial charge in [0, 0.05) is 10.6 Å². The summed E-state index contributed by atoms with van der Waals surface area (Å²) in [6.45, 7) is 2.20. The van der Waals surface area contributed by atoms with Gasteiger partial charge in [-0.2, -0.15) is 0 Å². The van der Waals surface area contributed by atoms with Gasteiger partial charge in [0.2, 0.25) is 11.8 Å². The number of hydrogen-bond donors (Lipinski definition) is 1. The maximum Gasteiger partial charge on any atom is 0.248 e. The summed E-state index contributed by atoms with van der Waals surface area (Å²) in [5, 5.41) is 1.54. The molecular formula is C24H24ClN3O2. The fourth-order valence-electron chi connectivity index (χ4n) is 5.54. The predicted octanol–water partition coefficient (Wildman–Crippen LogP) is 4.98. The van der Waals surface area contributed by atoms with E-state index in [-0.39, 0.29) is 12.0 Å². The largest absolute Gasteiger partial charge is 0.474 e. The van der Waals surface area contributed by atoms with Crippen molar-refractivity contribution in [3.05, 3.63) is 64.9 Å². The summed E-state index contributed by atoms with van der Waals surface area (Å²) in [5.74, 6) is 2.51. The molecule has 1 amide bonds. The quantitative estimate of drug-likeness (QED) is 0.608. The highest BCUT2D eigenvalue weighted by atomic mass is 35.5. The first kappa shape index (κ1) is 19.3. The van der Waals surface area contributed by atoms with Crippen molar-refractivity contribution in [1.82, 2.24) is 9.97 Å². The van der Waals surface area contributed by atoms with Crippen LogP contribution in [0.15, 0.2) is 48.8 Å². The zero-order valence-corrected chi connectivity index (χ0v) is 17.5. The topological polar surface area (TPSA) is 78.1 Å². The van der Waals surface area contributed by atoms with Crippen LogP contribution in [0.1, 0.15) is 48.0 Å². The first-order valence-corrected chi connectivity index (χ1v) is 10.9. The van der Waals surface area contributed by atoms with E-state index in [1.165, 1.54) is 6.33 Å². The number of ether oxygens (including phenoxy) is 1. The molecule has 5 rings (SSSR count). The van der Waals surface area contributed by atoms with Gasteiger partial charge in [-0.3, -0.25) is 4.79 Å². The molecular weight excluding hydrogens is 398 g/mol. The van der Waals surface area contributed by atoms with Crippen LogP contribution in [0.4, 0.5) is 0 Å². The summed E-state index contributed by atoms with van der Waals surface area (Å²) in [6, 6.07) is 13.4. The highest BCUT2D eigenvalue weighted by molar-refractivity contribution is 6.31. The number of hydrogen-bond acceptors (Lipinski definition) is 4. The second-order valence-corrected chi connectivity index (χ2v) is 8.86. The molecule has 2 fully saturated rings. The lowest BCUT2D eigenvalue weighted by Gasteiger charge is -2.23. The third-order valence-electron chi connectivity index (χ3n) is 6.84. The number of nitrogens with zero attached hydrogens (tertiary/aromatic N) is 2. The second kappa shape index (κ2) is 7.55. The van der Waals surface area contributed by atoms with Gasteiger partial charge >= 0.3 is 0 Å². The van der Waals surface area contributed by atoms with Crippen LogP contribution in [0.5, 0.6) is 5.88 Å². The van der Waals surface area contributed by atoms with E-state index in [0.717, 1.165) is 35.7 Å². The Labute approximate surface area is 180 Å². The van der Waals surface area contributed by atoms with E-state index in [1.807, 2.05) is 36.4 Å². The van der Waals surface area contributed by atoms with E-state index in [0.29, 0.717) is 40.1 Å². The lowest BCUT2D eigenvalue weighted by Crippen LogP contribution is -2.20. The third kappa shape index (κ3) is 3.31. The summed E-state index contributed by atoms with van der Waals surface area (Å²) in [6.07, 6.45) is 4.73. The Balaban J connectivity index is 1.30. The van der Waals surface area contributed by atoms with Crippen molar-refractivity contribution in [3.63, 3.8) is 0 Å². The Morgan fingerprint density at radius 3 is 2.70 bits per heavy atom. The molecule has 0 saturated heterocycles. The first-order chi connectivity index (χ1) is 14.6. The molecule has 0 unspecified atom stereocenters. The highest BCUT2D eigenvalue weighted by Crippen LogP contribution is 2.64. The average molecular weight is 422 g/mol. The Kier molecular flexibility index (Phi) is 4.86. The molecule has 5 nitrogen and oxygen atoms in total. The zero-order chi connectivity index (χ0) is 20.8. The van der Waals surface area contributed by atoms with Gasteiger partial charge in [-0.25, -0.2) is 9.97 Å². The molecule has 6 heteroatoms. The number of primary amides is 1. The van der Waals surface area contributed by atoms with Gasteiger partial charge in [0.1, 0.15) is 12.4 Å². The lowest BCUT2D eigenvalue weighted by atomic mass is 9.84. The molecule has 3 atom stereocenters. The molecule has 2 aliphatic carbocycles. The molecule has 0 spiro atoms. The molecule has 30 heavy (non-hydrogen) atoms. The van der Waals surface area contributed by atoms with Crippen LogP contribution in [0.2, 0.25) is 5.02 Å². The van der Waals surface area contributed by atoms with E-state index in [4.69, 9.17) is 22.1 Å². The number of amides is 1. The smallest absolute Gasteiger partial charge is 0.248 e. The fraction of sp³-hybridized carbons (Fsp3) is 0.375. The first-order valence-electron chi connectivity index (χ1n) is 10.5. The third-order valence-corrected chi connectivity index (χ3v) is 7.07. The van der Waals surface area contributed by atoms with Crippen LogP contribution in [0.25, 0.3) is 10.9 Å². The van der Waals surface area contributed by atoms with Gasteiger partial charge in [0.15, 0.2) is 0 Å². The Morgan fingerprint density at radius 1 is 1.20 bits per heavy atom. The summed E-state index contributed by atoms with van der Waals surface area (Å²) < 4.78 is 6.29. The number of nitrogens with two attached hydrogens (primary N) is 1. The maximum atomic E-state index is 11.9. The number of rotatable bonds is 6. The predicted molar refractivity (Wildman–Crippen MR) is 117 cm³/mol. The number of carbonyl (C=O) groups is 1. The maximum absolute atomic E-state index is 11.9. The number of carbonyl (C=O) groups excluding carboxylic acids is 1. The molecule has 0 bridgehead atoms. The normalized spacial score (nSPS) is 23.9. The molecule has 154 valence electrons. The lowest BCUT2D eigenvalue weighted by molar-refractivity contribution is 0.0998. The zero-order valence-electron chi connectivity index (χ0n) is 16.8. The molecule has 2 aromatic carbocycles. The summed E-state index contributed by atoms with van der Waals surface area (Å²) in [7, 11) is 0. The van der Waals surface area contributed by atoms with Crippen LogP contribution in [-0.4, -0.2) is 22.0 Å². The molecule has 2 saturated carbocycles. The number of halogens is 1. The van der Waals surface area contributed by atoms with Crippen molar-refractivity contribution in [3.8, 4) is 5.88 Å². The van der Waals surface area contributed by atoms with Crippen LogP contribution < -0.4 is 10.5 Å². The van der Waals surface area contributed by atoms with Crippen molar-refractivity contribution in [2.24, 2.45) is 23.5 Å². The Bertz CT molecular complexity index is 1110. The average Bonchev–Trinajstić information content (AvgIpc) is 3.21. The van der Waals surface area contributed by atoms with Crippen LogP contribution in [-0.2, 0) is 0 Å². The minimum atomic E-state index is -0.341. The molecule has 2 N–H and O–H groups in total. The van der Waals surface area contributed by atoms with Crippen LogP contribution in [0, 0.1) is 17.8 Å². The summed E-state index contributed by atoms with van der Waals surface area (Å²) in [5.41, 5.74) is 8.18. The van der Waals surface area contributed by atoms with Gasteiger partial charge < -0.3 is 10.5 Å². The summed E-state index contributed by atoms with van der Waals surface area (Å²) >= 11 is 6.08. The van der Waals surface area contributed by atoms with Gasteiger partial charge in [0.25, 0.3) is 0 Å².